The molecular formula is C18H11F2N3O4. The van der Waals surface area contributed by atoms with Gasteiger partial charge in [-0.05, 0) is 24.3 Å². The summed E-state index contributed by atoms with van der Waals surface area (Å²) >= 11 is 0. The molecule has 0 saturated heterocycles. The van der Waals surface area contributed by atoms with E-state index in [2.05, 4.69) is 0 Å². The van der Waals surface area contributed by atoms with Gasteiger partial charge in [-0.1, -0.05) is 18.2 Å². The molecule has 3 aromatic rings. The van der Waals surface area contributed by atoms with Gasteiger partial charge in [0.25, 0.3) is 0 Å². The van der Waals surface area contributed by atoms with Gasteiger partial charge in [-0.2, -0.15) is 8.78 Å². The zero-order valence-electron chi connectivity index (χ0n) is 13.6. The molecule has 0 atom stereocenters. The van der Waals surface area contributed by atoms with E-state index in [1.54, 1.807) is 30.3 Å². The predicted octanol–water partition coefficient (Wildman–Crippen LogP) is 5.25. The lowest BCUT2D eigenvalue weighted by atomic mass is 10.1. The normalized spacial score (nSPS) is 10.4. The molecule has 0 aliphatic rings. The number of para-hydroxylation sites is 1. The average molecular weight is 371 g/mol. The molecule has 0 unspecified atom stereocenters. The molecule has 0 aromatic heterocycles. The number of anilines is 3. The topological polar surface area (TPSA) is 89.5 Å². The van der Waals surface area contributed by atoms with Gasteiger partial charge in [-0.15, -0.1) is 0 Å². The molecule has 9 heteroatoms. The van der Waals surface area contributed by atoms with Gasteiger partial charge in [-0.25, -0.2) is 0 Å². The molecule has 27 heavy (non-hydrogen) atoms. The van der Waals surface area contributed by atoms with Gasteiger partial charge < -0.3 is 4.90 Å². The molecule has 3 aromatic carbocycles. The van der Waals surface area contributed by atoms with Crippen LogP contribution in [0.4, 0.5) is 37.2 Å². The summed E-state index contributed by atoms with van der Waals surface area (Å²) in [6, 6.07) is 15.0. The molecule has 0 spiro atoms. The van der Waals surface area contributed by atoms with Gasteiger partial charge >= 0.3 is 11.4 Å². The first-order chi connectivity index (χ1) is 12.9. The van der Waals surface area contributed by atoms with E-state index in [1.165, 1.54) is 17.0 Å². The molecule has 0 aliphatic heterocycles. The summed E-state index contributed by atoms with van der Waals surface area (Å²) in [7, 11) is 0. The second-order valence-corrected chi connectivity index (χ2v) is 5.46. The van der Waals surface area contributed by atoms with Crippen molar-refractivity contribution in [1.82, 2.24) is 0 Å². The van der Waals surface area contributed by atoms with Crippen molar-refractivity contribution >= 4 is 28.4 Å². The summed E-state index contributed by atoms with van der Waals surface area (Å²) in [4.78, 5) is 21.4. The summed E-state index contributed by atoms with van der Waals surface area (Å²) in [5, 5.41) is 21.7. The maximum absolute atomic E-state index is 14.1. The average Bonchev–Trinajstić information content (AvgIpc) is 2.62. The summed E-state index contributed by atoms with van der Waals surface area (Å²) < 4.78 is 28.2. The third kappa shape index (κ3) is 3.56. The maximum atomic E-state index is 14.1. The van der Waals surface area contributed by atoms with E-state index in [0.717, 1.165) is 24.3 Å². The third-order valence-electron chi connectivity index (χ3n) is 3.79. The standard InChI is InChI=1S/C18H11F2N3O4/c19-15-10-13(6-8-17(15)22(24)25)21(12-4-2-1-3-5-12)14-7-9-18(23(26)27)16(20)11-14/h1-11H. The summed E-state index contributed by atoms with van der Waals surface area (Å²) in [5.41, 5.74) is -0.489. The van der Waals surface area contributed by atoms with E-state index in [0.29, 0.717) is 5.69 Å². The number of nitrogens with zero attached hydrogens (tertiary/aromatic N) is 3. The fraction of sp³-hybridized carbons (Fsp3) is 0. The Kier molecular flexibility index (Phi) is 4.75. The molecule has 0 radical (unpaired) electrons. The van der Waals surface area contributed by atoms with Crippen LogP contribution in [-0.4, -0.2) is 9.85 Å². The van der Waals surface area contributed by atoms with Crippen molar-refractivity contribution in [3.05, 3.63) is 98.6 Å². The lowest BCUT2D eigenvalue weighted by Crippen LogP contribution is -2.11. The molecular weight excluding hydrogens is 360 g/mol. The Morgan fingerprint density at radius 2 is 1.11 bits per heavy atom. The SMILES string of the molecule is O=[N+]([O-])c1ccc(N(c2ccccc2)c2ccc([N+](=O)[O-])c(F)c2)cc1F. The maximum Gasteiger partial charge on any atom is 0.304 e. The van der Waals surface area contributed by atoms with E-state index in [-0.39, 0.29) is 11.4 Å². The Morgan fingerprint density at radius 1 is 0.667 bits per heavy atom. The van der Waals surface area contributed by atoms with Crippen molar-refractivity contribution in [2.24, 2.45) is 0 Å². The number of benzene rings is 3. The van der Waals surface area contributed by atoms with E-state index >= 15 is 0 Å². The lowest BCUT2D eigenvalue weighted by Gasteiger charge is -2.25. The highest BCUT2D eigenvalue weighted by molar-refractivity contribution is 5.77. The minimum absolute atomic E-state index is 0.192. The molecule has 0 bridgehead atoms. The highest BCUT2D eigenvalue weighted by atomic mass is 19.1. The van der Waals surface area contributed by atoms with Gasteiger partial charge in [0.05, 0.1) is 9.85 Å². The van der Waals surface area contributed by atoms with Crippen LogP contribution in [0.5, 0.6) is 0 Å². The Bertz CT molecular complexity index is 965. The van der Waals surface area contributed by atoms with Crippen LogP contribution in [0.3, 0.4) is 0 Å². The van der Waals surface area contributed by atoms with E-state index in [4.69, 9.17) is 0 Å². The van der Waals surface area contributed by atoms with Crippen LogP contribution in [-0.2, 0) is 0 Å². The zero-order chi connectivity index (χ0) is 19.6. The lowest BCUT2D eigenvalue weighted by molar-refractivity contribution is -0.387. The Labute approximate surface area is 151 Å². The van der Waals surface area contributed by atoms with Crippen molar-refractivity contribution in [3.8, 4) is 0 Å². The second-order valence-electron chi connectivity index (χ2n) is 5.46. The number of hydrogen-bond acceptors (Lipinski definition) is 5. The van der Waals surface area contributed by atoms with Crippen LogP contribution >= 0.6 is 0 Å². The van der Waals surface area contributed by atoms with Crippen LogP contribution in [0.2, 0.25) is 0 Å². The molecule has 0 aliphatic carbocycles. The van der Waals surface area contributed by atoms with Crippen molar-refractivity contribution in [1.29, 1.82) is 0 Å². The first-order valence-electron chi connectivity index (χ1n) is 7.61. The summed E-state index contributed by atoms with van der Waals surface area (Å²) in [5.74, 6) is -2.11. The first-order valence-corrected chi connectivity index (χ1v) is 7.61. The number of nitro benzene ring substituents is 2. The fourth-order valence-electron chi connectivity index (χ4n) is 2.59. The van der Waals surface area contributed by atoms with Gasteiger partial charge in [0.15, 0.2) is 0 Å². The highest BCUT2D eigenvalue weighted by Crippen LogP contribution is 2.37. The van der Waals surface area contributed by atoms with Gasteiger partial charge in [0.2, 0.25) is 11.6 Å². The Morgan fingerprint density at radius 3 is 1.48 bits per heavy atom. The minimum Gasteiger partial charge on any atom is -0.310 e. The highest BCUT2D eigenvalue weighted by Gasteiger charge is 2.21. The Balaban J connectivity index is 2.16. The van der Waals surface area contributed by atoms with Gasteiger partial charge in [0, 0.05) is 41.3 Å². The van der Waals surface area contributed by atoms with E-state index < -0.39 is 32.9 Å². The van der Waals surface area contributed by atoms with Crippen LogP contribution in [0.25, 0.3) is 0 Å². The number of halogens is 2. The van der Waals surface area contributed by atoms with Crippen LogP contribution < -0.4 is 4.90 Å². The van der Waals surface area contributed by atoms with Gasteiger partial charge in [0.1, 0.15) is 0 Å². The largest absolute Gasteiger partial charge is 0.310 e. The van der Waals surface area contributed by atoms with Crippen molar-refractivity contribution in [2.75, 3.05) is 4.90 Å². The molecule has 0 saturated carbocycles. The monoisotopic (exact) mass is 371 g/mol. The van der Waals surface area contributed by atoms with Crippen molar-refractivity contribution in [2.45, 2.75) is 0 Å². The number of nitro groups is 2. The fourth-order valence-corrected chi connectivity index (χ4v) is 2.59. The smallest absolute Gasteiger partial charge is 0.304 e. The van der Waals surface area contributed by atoms with E-state index in [1.807, 2.05) is 0 Å². The summed E-state index contributed by atoms with van der Waals surface area (Å²) in [6.45, 7) is 0. The number of hydrogen-bond donors (Lipinski definition) is 0. The molecule has 0 heterocycles. The molecule has 0 amide bonds. The van der Waals surface area contributed by atoms with Crippen LogP contribution in [0.1, 0.15) is 0 Å². The van der Waals surface area contributed by atoms with Gasteiger partial charge in [-0.3, -0.25) is 20.2 Å². The second kappa shape index (κ2) is 7.16. The molecule has 136 valence electrons. The summed E-state index contributed by atoms with van der Waals surface area (Å²) in [6.07, 6.45) is 0. The predicted molar refractivity (Wildman–Crippen MR) is 94.3 cm³/mol. The zero-order valence-corrected chi connectivity index (χ0v) is 13.6. The van der Waals surface area contributed by atoms with E-state index in [9.17, 15) is 29.0 Å². The molecule has 0 fully saturated rings. The van der Waals surface area contributed by atoms with Crippen molar-refractivity contribution in [3.63, 3.8) is 0 Å². The molecule has 3 rings (SSSR count). The minimum atomic E-state index is -1.05. The molecule has 7 nitrogen and oxygen atoms in total. The van der Waals surface area contributed by atoms with Crippen molar-refractivity contribution < 1.29 is 18.6 Å². The molecule has 0 N–H and O–H groups in total. The quantitative estimate of drug-likeness (QED) is 0.451. The van der Waals surface area contributed by atoms with Crippen LogP contribution in [0, 0.1) is 31.9 Å². The third-order valence-corrected chi connectivity index (χ3v) is 3.79. The van der Waals surface area contributed by atoms with Crippen LogP contribution in [0.15, 0.2) is 66.7 Å². The number of rotatable bonds is 5. The first kappa shape index (κ1) is 17.9. The Hall–Kier alpha value is -3.88.